The second kappa shape index (κ2) is 12.4. The Hall–Kier alpha value is -1.23. The third kappa shape index (κ3) is 8.85. The number of rotatable bonds is 7. The monoisotopic (exact) mass is 514 g/mol. The summed E-state index contributed by atoms with van der Waals surface area (Å²) in [7, 11) is 1.65. The van der Waals surface area contributed by atoms with Crippen molar-refractivity contribution in [2.45, 2.75) is 39.1 Å². The van der Waals surface area contributed by atoms with Gasteiger partial charge in [-0.1, -0.05) is 25.1 Å². The van der Waals surface area contributed by atoms with Crippen LogP contribution in [0, 0.1) is 5.92 Å². The van der Waals surface area contributed by atoms with Crippen LogP contribution in [0.25, 0.3) is 0 Å². The van der Waals surface area contributed by atoms with E-state index in [0.29, 0.717) is 17.4 Å². The van der Waals surface area contributed by atoms with Crippen molar-refractivity contribution in [3.05, 3.63) is 29.8 Å². The fourth-order valence-corrected chi connectivity index (χ4v) is 3.26. The molecule has 2 N–H and O–H groups in total. The van der Waals surface area contributed by atoms with Crippen LogP contribution in [0.5, 0.6) is 5.75 Å². The molecule has 0 unspecified atom stereocenters. The Morgan fingerprint density at radius 3 is 2.50 bits per heavy atom. The van der Waals surface area contributed by atoms with E-state index in [4.69, 9.17) is 0 Å². The number of aliphatic imine (C=N–C) groups is 1. The van der Waals surface area contributed by atoms with Crippen LogP contribution in [0.4, 0.5) is 13.2 Å². The van der Waals surface area contributed by atoms with E-state index in [2.05, 4.69) is 32.2 Å². The molecule has 1 heterocycles. The highest BCUT2D eigenvalue weighted by atomic mass is 127. The summed E-state index contributed by atoms with van der Waals surface area (Å²) in [6, 6.07) is 6.10. The van der Waals surface area contributed by atoms with Crippen LogP contribution in [0.1, 0.15) is 31.7 Å². The third-order valence-corrected chi connectivity index (χ3v) is 4.87. The van der Waals surface area contributed by atoms with E-state index in [1.807, 2.05) is 0 Å². The molecule has 5 nitrogen and oxygen atoms in total. The van der Waals surface area contributed by atoms with Crippen molar-refractivity contribution < 1.29 is 17.9 Å². The quantitative estimate of drug-likeness (QED) is 0.329. The molecule has 28 heavy (non-hydrogen) atoms. The summed E-state index contributed by atoms with van der Waals surface area (Å²) in [5.41, 5.74) is 0.421. The summed E-state index contributed by atoms with van der Waals surface area (Å²) in [5, 5.41) is 6.29. The van der Waals surface area contributed by atoms with Crippen molar-refractivity contribution >= 4 is 29.9 Å². The fourth-order valence-electron chi connectivity index (χ4n) is 3.26. The first kappa shape index (κ1) is 24.8. The SMILES string of the molecule is CCN1CCC(CCNC(=NC)NCc2ccccc2OC(F)(F)F)CC1.I. The number of nitrogens with zero attached hydrogens (tertiary/aromatic N) is 2. The predicted octanol–water partition coefficient (Wildman–Crippen LogP) is 3.99. The molecule has 1 aliphatic rings. The van der Waals surface area contributed by atoms with Gasteiger partial charge in [0.2, 0.25) is 0 Å². The largest absolute Gasteiger partial charge is 0.573 e. The lowest BCUT2D eigenvalue weighted by Gasteiger charge is -2.31. The van der Waals surface area contributed by atoms with Crippen LogP contribution in [-0.2, 0) is 6.54 Å². The van der Waals surface area contributed by atoms with Crippen molar-refractivity contribution in [3.63, 3.8) is 0 Å². The van der Waals surface area contributed by atoms with Gasteiger partial charge in [0.05, 0.1) is 0 Å². The van der Waals surface area contributed by atoms with Gasteiger partial charge in [0, 0.05) is 25.7 Å². The number of halogens is 4. The van der Waals surface area contributed by atoms with Crippen LogP contribution in [0.3, 0.4) is 0 Å². The summed E-state index contributed by atoms with van der Waals surface area (Å²) in [4.78, 5) is 6.60. The van der Waals surface area contributed by atoms with Gasteiger partial charge in [-0.05, 0) is 50.9 Å². The van der Waals surface area contributed by atoms with Crippen molar-refractivity contribution in [1.82, 2.24) is 15.5 Å². The zero-order valence-corrected chi connectivity index (χ0v) is 18.7. The number of likely N-dealkylation sites (tertiary alicyclic amines) is 1. The maximum atomic E-state index is 12.5. The Balaban J connectivity index is 0.00000392. The van der Waals surface area contributed by atoms with Gasteiger partial charge in [-0.2, -0.15) is 0 Å². The number of piperidine rings is 1. The van der Waals surface area contributed by atoms with Gasteiger partial charge in [0.15, 0.2) is 5.96 Å². The van der Waals surface area contributed by atoms with E-state index >= 15 is 0 Å². The number of alkyl halides is 3. The maximum Gasteiger partial charge on any atom is 0.573 e. The molecule has 0 bridgehead atoms. The molecule has 1 aliphatic heterocycles. The topological polar surface area (TPSA) is 48.9 Å². The molecule has 1 fully saturated rings. The maximum absolute atomic E-state index is 12.5. The van der Waals surface area contributed by atoms with Crippen molar-refractivity contribution in [2.24, 2.45) is 10.9 Å². The molecular weight excluding hydrogens is 484 g/mol. The lowest BCUT2D eigenvalue weighted by molar-refractivity contribution is -0.274. The number of nitrogens with one attached hydrogen (secondary N) is 2. The number of guanidine groups is 1. The van der Waals surface area contributed by atoms with Gasteiger partial charge in [-0.3, -0.25) is 4.99 Å². The summed E-state index contributed by atoms with van der Waals surface area (Å²) < 4.78 is 41.6. The standard InChI is InChI=1S/C19H29F3N4O.HI/c1-3-26-12-9-15(10-13-26)8-11-24-18(23-2)25-14-16-6-4-5-7-17(16)27-19(20,21)22;/h4-7,15H,3,8-14H2,1-2H3,(H2,23,24,25);1H. The summed E-state index contributed by atoms with van der Waals surface area (Å²) >= 11 is 0. The molecule has 2 rings (SSSR count). The second-order valence-electron chi connectivity index (χ2n) is 6.67. The van der Waals surface area contributed by atoms with Gasteiger partial charge in [-0.25, -0.2) is 0 Å². The average Bonchev–Trinajstić information content (AvgIpc) is 2.65. The number of hydrogen-bond acceptors (Lipinski definition) is 3. The van der Waals surface area contributed by atoms with E-state index in [1.54, 1.807) is 19.2 Å². The molecule has 0 atom stereocenters. The molecule has 1 aromatic rings. The van der Waals surface area contributed by atoms with Gasteiger partial charge in [0.25, 0.3) is 0 Å². The van der Waals surface area contributed by atoms with Gasteiger partial charge in [0.1, 0.15) is 5.75 Å². The van der Waals surface area contributed by atoms with E-state index < -0.39 is 6.36 Å². The minimum Gasteiger partial charge on any atom is -0.405 e. The highest BCUT2D eigenvalue weighted by Crippen LogP contribution is 2.26. The molecule has 0 amide bonds. The Bertz CT molecular complexity index is 605. The summed E-state index contributed by atoms with van der Waals surface area (Å²) in [6.45, 7) is 6.60. The van der Waals surface area contributed by atoms with Crippen LogP contribution in [-0.4, -0.2) is 50.4 Å². The fraction of sp³-hybridized carbons (Fsp3) is 0.632. The van der Waals surface area contributed by atoms with Crippen LogP contribution >= 0.6 is 24.0 Å². The van der Waals surface area contributed by atoms with E-state index in [0.717, 1.165) is 32.6 Å². The van der Waals surface area contributed by atoms with Gasteiger partial charge in [-0.15, -0.1) is 37.1 Å². The third-order valence-electron chi connectivity index (χ3n) is 4.87. The molecule has 160 valence electrons. The normalized spacial score (nSPS) is 16.4. The molecule has 9 heteroatoms. The first-order valence-corrected chi connectivity index (χ1v) is 9.41. The zero-order valence-electron chi connectivity index (χ0n) is 16.4. The average molecular weight is 514 g/mol. The molecule has 1 aromatic carbocycles. The van der Waals surface area contributed by atoms with Crippen molar-refractivity contribution in [1.29, 1.82) is 0 Å². The minimum atomic E-state index is -4.70. The van der Waals surface area contributed by atoms with E-state index in [9.17, 15) is 13.2 Å². The molecular formula is C19H30F3IN4O. The number of benzene rings is 1. The molecule has 0 saturated carbocycles. The highest BCUT2D eigenvalue weighted by Gasteiger charge is 2.31. The molecule has 0 aromatic heterocycles. The highest BCUT2D eigenvalue weighted by molar-refractivity contribution is 14.0. The minimum absolute atomic E-state index is 0. The molecule has 0 radical (unpaired) electrons. The molecule has 0 aliphatic carbocycles. The Labute approximate surface area is 182 Å². The van der Waals surface area contributed by atoms with Crippen LogP contribution < -0.4 is 15.4 Å². The number of para-hydroxylation sites is 1. The summed E-state index contributed by atoms with van der Waals surface area (Å²) in [6.07, 6.45) is -1.22. The Kier molecular flexibility index (Phi) is 10.9. The Morgan fingerprint density at radius 1 is 1.21 bits per heavy atom. The van der Waals surface area contributed by atoms with E-state index in [1.165, 1.54) is 25.0 Å². The predicted molar refractivity (Wildman–Crippen MR) is 116 cm³/mol. The van der Waals surface area contributed by atoms with Crippen molar-refractivity contribution in [3.8, 4) is 5.75 Å². The van der Waals surface area contributed by atoms with Gasteiger partial charge >= 0.3 is 6.36 Å². The van der Waals surface area contributed by atoms with Gasteiger partial charge < -0.3 is 20.3 Å². The Morgan fingerprint density at radius 2 is 1.89 bits per heavy atom. The zero-order chi connectivity index (χ0) is 19.7. The lowest BCUT2D eigenvalue weighted by atomic mass is 9.93. The number of ether oxygens (including phenoxy) is 1. The molecule has 0 spiro atoms. The first-order chi connectivity index (χ1) is 12.9. The first-order valence-electron chi connectivity index (χ1n) is 9.41. The molecule has 1 saturated heterocycles. The van der Waals surface area contributed by atoms with Crippen molar-refractivity contribution in [2.75, 3.05) is 33.2 Å². The van der Waals surface area contributed by atoms with Crippen LogP contribution in [0.15, 0.2) is 29.3 Å². The second-order valence-corrected chi connectivity index (χ2v) is 6.67. The summed E-state index contributed by atoms with van der Waals surface area (Å²) in [5.74, 6) is 1.08. The lowest BCUT2D eigenvalue weighted by Crippen LogP contribution is -2.39. The smallest absolute Gasteiger partial charge is 0.405 e. The number of hydrogen-bond donors (Lipinski definition) is 2. The van der Waals surface area contributed by atoms with Crippen LogP contribution in [0.2, 0.25) is 0 Å². The van der Waals surface area contributed by atoms with E-state index in [-0.39, 0.29) is 36.3 Å².